The van der Waals surface area contributed by atoms with Crippen LogP contribution in [0.15, 0.2) is 49.1 Å². The fourth-order valence-electron chi connectivity index (χ4n) is 2.46. The van der Waals surface area contributed by atoms with Crippen molar-refractivity contribution in [1.29, 1.82) is 0 Å². The molecular weight excluding hydrogens is 260 g/mol. The summed E-state index contributed by atoms with van der Waals surface area (Å²) in [6.45, 7) is 5.15. The molecule has 0 spiro atoms. The number of hydrogen-bond acceptors (Lipinski definition) is 4. The van der Waals surface area contributed by atoms with Crippen LogP contribution < -0.4 is 0 Å². The van der Waals surface area contributed by atoms with Crippen LogP contribution in [0.25, 0.3) is 11.4 Å². The molecule has 1 unspecified atom stereocenters. The van der Waals surface area contributed by atoms with Gasteiger partial charge in [0.15, 0.2) is 0 Å². The van der Waals surface area contributed by atoms with Gasteiger partial charge in [0.25, 0.3) is 0 Å². The molecule has 0 saturated heterocycles. The average Bonchev–Trinajstić information content (AvgIpc) is 2.80. The van der Waals surface area contributed by atoms with Gasteiger partial charge in [-0.05, 0) is 49.2 Å². The highest BCUT2D eigenvalue weighted by Crippen LogP contribution is 2.20. The highest BCUT2D eigenvalue weighted by Gasteiger charge is 2.18. The van der Waals surface area contributed by atoms with E-state index >= 15 is 0 Å². The summed E-state index contributed by atoms with van der Waals surface area (Å²) >= 11 is 0. The van der Waals surface area contributed by atoms with E-state index in [9.17, 15) is 0 Å². The van der Waals surface area contributed by atoms with Gasteiger partial charge in [-0.1, -0.05) is 0 Å². The van der Waals surface area contributed by atoms with E-state index in [1.165, 1.54) is 11.1 Å². The summed E-state index contributed by atoms with van der Waals surface area (Å²) in [7, 11) is 2.09. The molecule has 4 heteroatoms. The van der Waals surface area contributed by atoms with E-state index in [-0.39, 0.29) is 0 Å². The first-order chi connectivity index (χ1) is 10.1. The summed E-state index contributed by atoms with van der Waals surface area (Å²) < 4.78 is 0. The van der Waals surface area contributed by atoms with Gasteiger partial charge in [-0.2, -0.15) is 0 Å². The van der Waals surface area contributed by atoms with Crippen LogP contribution in [0.1, 0.15) is 18.1 Å². The van der Waals surface area contributed by atoms with Crippen molar-refractivity contribution in [3.63, 3.8) is 0 Å². The molecule has 0 bridgehead atoms. The van der Waals surface area contributed by atoms with Crippen molar-refractivity contribution in [2.75, 3.05) is 7.05 Å². The summed E-state index contributed by atoms with van der Waals surface area (Å²) in [5, 5.41) is 0. The number of aromatic nitrogens is 2. The molecule has 4 nitrogen and oxygen atoms in total. The number of hydrogen-bond donors (Lipinski definition) is 0. The van der Waals surface area contributed by atoms with Gasteiger partial charge in [0.05, 0.1) is 17.6 Å². The molecule has 0 amide bonds. The SMILES string of the molecule is Cc1ccnc(-c2cc(CN3C=CN(C)C3C)ccn2)c1. The summed E-state index contributed by atoms with van der Waals surface area (Å²) in [5.41, 5.74) is 4.30. The lowest BCUT2D eigenvalue weighted by molar-refractivity contribution is 0.189. The number of aryl methyl sites for hydroxylation is 1. The average molecular weight is 280 g/mol. The Morgan fingerprint density at radius 1 is 1.05 bits per heavy atom. The lowest BCUT2D eigenvalue weighted by Gasteiger charge is -2.27. The zero-order valence-corrected chi connectivity index (χ0v) is 12.7. The third-order valence-electron chi connectivity index (χ3n) is 3.93. The lowest BCUT2D eigenvalue weighted by atomic mass is 10.1. The third kappa shape index (κ3) is 2.89. The van der Waals surface area contributed by atoms with Crippen LogP contribution >= 0.6 is 0 Å². The monoisotopic (exact) mass is 280 g/mol. The quantitative estimate of drug-likeness (QED) is 0.865. The molecule has 0 aliphatic carbocycles. The van der Waals surface area contributed by atoms with Crippen molar-refractivity contribution in [2.45, 2.75) is 26.6 Å². The minimum atomic E-state index is 0.388. The zero-order chi connectivity index (χ0) is 14.8. The maximum absolute atomic E-state index is 4.45. The molecule has 1 aliphatic heterocycles. The van der Waals surface area contributed by atoms with E-state index in [0.717, 1.165) is 17.9 Å². The zero-order valence-electron chi connectivity index (χ0n) is 12.7. The van der Waals surface area contributed by atoms with Gasteiger partial charge in [0.2, 0.25) is 0 Å². The van der Waals surface area contributed by atoms with Gasteiger partial charge in [-0.25, -0.2) is 0 Å². The predicted molar refractivity (Wildman–Crippen MR) is 84.1 cm³/mol. The molecule has 2 aromatic rings. The van der Waals surface area contributed by atoms with Crippen LogP contribution in [0, 0.1) is 6.92 Å². The molecule has 0 saturated carbocycles. The van der Waals surface area contributed by atoms with Crippen molar-refractivity contribution in [3.05, 3.63) is 60.2 Å². The van der Waals surface area contributed by atoms with Crippen LogP contribution in [0.5, 0.6) is 0 Å². The molecule has 108 valence electrons. The Bertz CT molecular complexity index is 665. The Morgan fingerprint density at radius 2 is 1.76 bits per heavy atom. The third-order valence-corrected chi connectivity index (χ3v) is 3.93. The van der Waals surface area contributed by atoms with Crippen molar-refractivity contribution in [2.24, 2.45) is 0 Å². The van der Waals surface area contributed by atoms with Crippen LogP contribution in [0.3, 0.4) is 0 Å². The first-order valence-electron chi connectivity index (χ1n) is 7.17. The topological polar surface area (TPSA) is 32.3 Å². The van der Waals surface area contributed by atoms with Gasteiger partial charge >= 0.3 is 0 Å². The first-order valence-corrected chi connectivity index (χ1v) is 7.17. The van der Waals surface area contributed by atoms with E-state index in [4.69, 9.17) is 0 Å². The Labute approximate surface area is 125 Å². The molecular formula is C17H20N4. The highest BCUT2D eigenvalue weighted by molar-refractivity contribution is 5.55. The summed E-state index contributed by atoms with van der Waals surface area (Å²) in [6.07, 6.45) is 8.32. The summed E-state index contributed by atoms with van der Waals surface area (Å²) in [4.78, 5) is 13.4. The van der Waals surface area contributed by atoms with E-state index in [1.807, 2.05) is 18.5 Å². The molecule has 21 heavy (non-hydrogen) atoms. The largest absolute Gasteiger partial charge is 0.359 e. The molecule has 2 aromatic heterocycles. The van der Waals surface area contributed by atoms with Crippen molar-refractivity contribution < 1.29 is 0 Å². The molecule has 0 aromatic carbocycles. The second-order valence-corrected chi connectivity index (χ2v) is 5.54. The smallest absolute Gasteiger partial charge is 0.0978 e. The Morgan fingerprint density at radius 3 is 2.43 bits per heavy atom. The Kier molecular flexibility index (Phi) is 3.60. The van der Waals surface area contributed by atoms with Crippen molar-refractivity contribution in [3.8, 4) is 11.4 Å². The van der Waals surface area contributed by atoms with Gasteiger partial charge in [0, 0.05) is 38.4 Å². The number of pyridine rings is 2. The standard InChI is InChI=1S/C17H20N4/c1-13-4-6-18-16(10-13)17-11-15(5-7-19-17)12-21-9-8-20(3)14(21)2/h4-11,14H,12H2,1-3H3. The highest BCUT2D eigenvalue weighted by atomic mass is 15.4. The molecule has 0 radical (unpaired) electrons. The molecule has 1 atom stereocenters. The van der Waals surface area contributed by atoms with E-state index in [2.05, 4.69) is 71.3 Å². The van der Waals surface area contributed by atoms with Crippen molar-refractivity contribution >= 4 is 0 Å². The van der Waals surface area contributed by atoms with Gasteiger partial charge < -0.3 is 9.80 Å². The first kappa shape index (κ1) is 13.6. The fourth-order valence-corrected chi connectivity index (χ4v) is 2.46. The van der Waals surface area contributed by atoms with Crippen LogP contribution in [0.2, 0.25) is 0 Å². The summed E-state index contributed by atoms with van der Waals surface area (Å²) in [5.74, 6) is 0. The number of nitrogens with zero attached hydrogens (tertiary/aromatic N) is 4. The second-order valence-electron chi connectivity index (χ2n) is 5.54. The van der Waals surface area contributed by atoms with E-state index in [1.54, 1.807) is 0 Å². The van der Waals surface area contributed by atoms with Gasteiger partial charge in [-0.3, -0.25) is 9.97 Å². The van der Waals surface area contributed by atoms with E-state index < -0.39 is 0 Å². The fraction of sp³-hybridized carbons (Fsp3) is 0.294. The maximum Gasteiger partial charge on any atom is 0.0978 e. The normalized spacial score (nSPS) is 17.6. The molecule has 1 aliphatic rings. The number of rotatable bonds is 3. The minimum Gasteiger partial charge on any atom is -0.359 e. The predicted octanol–water partition coefficient (Wildman–Crippen LogP) is 3.02. The van der Waals surface area contributed by atoms with Crippen LogP contribution in [0.4, 0.5) is 0 Å². The Hall–Kier alpha value is -2.36. The minimum absolute atomic E-state index is 0.388. The van der Waals surface area contributed by atoms with Gasteiger partial charge in [-0.15, -0.1) is 0 Å². The molecule has 0 N–H and O–H groups in total. The van der Waals surface area contributed by atoms with E-state index in [0.29, 0.717) is 6.17 Å². The molecule has 3 rings (SSSR count). The Balaban J connectivity index is 1.82. The molecule has 0 fully saturated rings. The maximum atomic E-state index is 4.45. The lowest BCUT2D eigenvalue weighted by Crippen LogP contribution is -2.33. The second kappa shape index (κ2) is 5.56. The van der Waals surface area contributed by atoms with Gasteiger partial charge in [0.1, 0.15) is 0 Å². The summed E-state index contributed by atoms with van der Waals surface area (Å²) in [6, 6.07) is 8.26. The van der Waals surface area contributed by atoms with Crippen LogP contribution in [-0.4, -0.2) is 33.0 Å². The molecule has 3 heterocycles. The van der Waals surface area contributed by atoms with Crippen molar-refractivity contribution in [1.82, 2.24) is 19.8 Å². The van der Waals surface area contributed by atoms with Crippen LogP contribution in [-0.2, 0) is 6.54 Å².